The Bertz CT molecular complexity index is 6360. The number of nitrogens with one attached hydrogen (secondary N) is 1. The van der Waals surface area contributed by atoms with Crippen LogP contribution in [0.25, 0.3) is 82.5 Å². The van der Waals surface area contributed by atoms with Crippen LogP contribution in [0.3, 0.4) is 0 Å². The lowest BCUT2D eigenvalue weighted by atomic mass is 9.30. The second-order valence-electron chi connectivity index (χ2n) is 29.1. The van der Waals surface area contributed by atoms with Crippen molar-refractivity contribution >= 4 is 169 Å². The van der Waals surface area contributed by atoms with Crippen molar-refractivity contribution in [3.05, 3.63) is 251 Å². The minimum Gasteiger partial charge on any atom is -0.458 e. The predicted octanol–water partition coefficient (Wildman–Crippen LogP) is 16.2. The van der Waals surface area contributed by atoms with E-state index in [4.69, 9.17) is 18.9 Å². The molecule has 22 rings (SSSR count). The molecule has 0 amide bonds. The van der Waals surface area contributed by atoms with E-state index in [0.29, 0.717) is 0 Å². The molecule has 0 saturated carbocycles. The molecule has 0 atom stereocenters. The molecule has 3 aromatic heterocycles. The maximum atomic E-state index is 7.68. The number of aryl methyl sites for hydroxylation is 8. The number of nitrogens with zero attached hydrogens (tertiary/aromatic N) is 4. The maximum absolute atomic E-state index is 7.68. The lowest BCUT2D eigenvalue weighted by Crippen LogP contribution is -2.64. The van der Waals surface area contributed by atoms with Gasteiger partial charge in [-0.15, -0.1) is 0 Å². The molecule has 13 aromatic carbocycles. The van der Waals surface area contributed by atoms with Crippen LogP contribution in [0.5, 0.6) is 46.0 Å². The number of hydrogen-bond acceptors (Lipinski definition) is 7. The molecule has 0 fully saturated rings. The molecule has 13 heteroatoms. The van der Waals surface area contributed by atoms with E-state index in [2.05, 4.69) is 291 Å². The molecule has 474 valence electrons. The minimum absolute atomic E-state index is 0.172. The van der Waals surface area contributed by atoms with Crippen molar-refractivity contribution in [1.82, 2.24) is 13.7 Å². The molecule has 0 aliphatic carbocycles. The summed E-state index contributed by atoms with van der Waals surface area (Å²) < 4.78 is 39.4. The van der Waals surface area contributed by atoms with Gasteiger partial charge in [-0.05, 0) is 208 Å². The van der Waals surface area contributed by atoms with Crippen LogP contribution in [0.15, 0.2) is 206 Å². The number of ether oxygens (including phenoxy) is 4. The van der Waals surface area contributed by atoms with Gasteiger partial charge >= 0.3 is 0 Å². The molecule has 6 aliphatic rings. The van der Waals surface area contributed by atoms with Crippen molar-refractivity contribution in [1.29, 1.82) is 0 Å². The Kier molecular flexibility index (Phi) is 11.3. The fourth-order valence-corrected chi connectivity index (χ4v) is 18.9. The van der Waals surface area contributed by atoms with Gasteiger partial charge in [0.15, 0.2) is 0 Å². The van der Waals surface area contributed by atoms with Gasteiger partial charge in [0.05, 0.1) is 61.5 Å². The molecule has 9 nitrogen and oxygen atoms in total. The normalized spacial score (nSPS) is 13.8. The first-order valence-electron chi connectivity index (χ1n) is 34.7. The lowest BCUT2D eigenvalue weighted by molar-refractivity contribution is 0.464. The van der Waals surface area contributed by atoms with Gasteiger partial charge in [0.1, 0.15) is 46.0 Å². The summed E-state index contributed by atoms with van der Waals surface area (Å²) in [4.78, 5) is 0. The molecule has 6 aliphatic heterocycles. The number of aromatic nitrogens is 3. The zero-order valence-electron chi connectivity index (χ0n) is 56.7. The maximum Gasteiger partial charge on any atom is 0.260 e. The van der Waals surface area contributed by atoms with E-state index >= 15 is 0 Å². The second kappa shape index (κ2) is 19.9. The summed E-state index contributed by atoms with van der Waals surface area (Å²) in [6.07, 6.45) is 2.19. The average Bonchev–Trinajstić information content (AvgIpc) is 0.865. The van der Waals surface area contributed by atoms with Crippen LogP contribution in [-0.4, -0.2) is 40.1 Å². The van der Waals surface area contributed by atoms with Gasteiger partial charge in [-0.2, -0.15) is 0 Å². The van der Waals surface area contributed by atoms with Crippen molar-refractivity contribution in [3.63, 3.8) is 0 Å². The number of hydrogen-bond donors (Lipinski definition) is 1. The van der Waals surface area contributed by atoms with Crippen molar-refractivity contribution in [2.45, 2.75) is 55.4 Å². The Labute approximate surface area is 583 Å². The first-order valence-corrected chi connectivity index (χ1v) is 35.9. The topological polar surface area (TPSA) is 67.0 Å². The van der Waals surface area contributed by atoms with E-state index < -0.39 is 0 Å². The molecule has 100 heavy (non-hydrogen) atoms. The number of rotatable bonds is 4. The van der Waals surface area contributed by atoms with Crippen LogP contribution < -0.4 is 77.7 Å². The van der Waals surface area contributed by atoms with Crippen LogP contribution in [0.1, 0.15) is 44.5 Å². The van der Waals surface area contributed by atoms with Gasteiger partial charge in [-0.3, -0.25) is 4.31 Å². The highest BCUT2D eigenvalue weighted by Gasteiger charge is 2.49. The minimum atomic E-state index is -0.307. The lowest BCUT2D eigenvalue weighted by Gasteiger charge is -2.41. The number of benzene rings is 13. The first-order chi connectivity index (χ1) is 48.7. The molecule has 1 N–H and O–H groups in total. The summed E-state index contributed by atoms with van der Waals surface area (Å²) in [5, 5.41) is 11.4. The first kappa shape index (κ1) is 56.6. The summed E-state index contributed by atoms with van der Waals surface area (Å²) in [6.45, 7) is 16.8. The standard InChI is InChI=1S/C87H62B3N5O4S/c1-44-10-18-69-55(26-44)56-27-45(2)11-19-70(56)92(69)52-34-68-85-81(36-52)96-77-24-16-50(7)32-63(77)88(85)61-40-65-79(42-67(61)91-68)98-83-38-54(94-73-22-14-48(5)30-59(73)60-31-49(6)15-23-74(60)94)39-84-87(83)90(65)66-41-62-75(43-80(66)99-84)95(100-9)76-35-53(37-82-86(76)89(62)64-33-51(8)17-25-78(64)97-82)93-71-20-12-46(3)28-57(71)58-29-47(4)13-21-72(58)93/h10-43,91H,1-9H3. The molecule has 0 spiro atoms. The molecule has 0 bridgehead atoms. The molecular weight excluding hydrogens is 1240 g/mol. The van der Waals surface area contributed by atoms with E-state index in [1.807, 2.05) is 0 Å². The van der Waals surface area contributed by atoms with E-state index in [-0.39, 0.29) is 20.1 Å². The van der Waals surface area contributed by atoms with E-state index in [1.165, 1.54) is 82.3 Å². The molecule has 16 aromatic rings. The second-order valence-corrected chi connectivity index (χ2v) is 29.8. The molecule has 0 unspecified atom stereocenters. The van der Waals surface area contributed by atoms with Gasteiger partial charge in [0.2, 0.25) is 0 Å². The zero-order chi connectivity index (χ0) is 66.7. The van der Waals surface area contributed by atoms with E-state index in [9.17, 15) is 0 Å². The van der Waals surface area contributed by atoms with Crippen molar-refractivity contribution < 1.29 is 18.9 Å². The van der Waals surface area contributed by atoms with E-state index in [1.54, 1.807) is 11.9 Å². The third-order valence-corrected chi connectivity index (χ3v) is 23.3. The van der Waals surface area contributed by atoms with Crippen LogP contribution in [0, 0.1) is 55.4 Å². The van der Waals surface area contributed by atoms with Gasteiger partial charge in [-0.25, -0.2) is 0 Å². The van der Waals surface area contributed by atoms with Gasteiger partial charge in [-0.1, -0.05) is 117 Å². The highest BCUT2D eigenvalue weighted by atomic mass is 32.2. The molecule has 0 saturated heterocycles. The third-order valence-electron chi connectivity index (χ3n) is 22.5. The largest absolute Gasteiger partial charge is 0.458 e. The van der Waals surface area contributed by atoms with Crippen molar-refractivity contribution in [2.75, 3.05) is 15.9 Å². The Morgan fingerprint density at radius 2 is 0.610 bits per heavy atom. The Morgan fingerprint density at radius 3 is 1.06 bits per heavy atom. The summed E-state index contributed by atoms with van der Waals surface area (Å²) in [5.74, 6) is 6.55. The molecule has 9 heterocycles. The van der Waals surface area contributed by atoms with Crippen molar-refractivity contribution in [2.24, 2.45) is 0 Å². The smallest absolute Gasteiger partial charge is 0.260 e. The van der Waals surface area contributed by atoms with Crippen LogP contribution in [0.4, 0.5) is 22.7 Å². The summed E-state index contributed by atoms with van der Waals surface area (Å²) in [5.41, 5.74) is 33.8. The number of anilines is 4. The van der Waals surface area contributed by atoms with Crippen molar-refractivity contribution in [3.8, 4) is 63.1 Å². The predicted molar refractivity (Wildman–Crippen MR) is 419 cm³/mol. The average molecular weight is 1310 g/mol. The monoisotopic (exact) mass is 1310 g/mol. The fourth-order valence-electron chi connectivity index (χ4n) is 18.2. The van der Waals surface area contributed by atoms with Crippen LogP contribution in [-0.2, 0) is 0 Å². The summed E-state index contributed by atoms with van der Waals surface area (Å²) in [6, 6.07) is 77.7. The zero-order valence-corrected chi connectivity index (χ0v) is 57.5. The van der Waals surface area contributed by atoms with Crippen LogP contribution in [0.2, 0.25) is 0 Å². The van der Waals surface area contributed by atoms with Gasteiger partial charge in [0, 0.05) is 91.8 Å². The third kappa shape index (κ3) is 7.73. The highest BCUT2D eigenvalue weighted by Crippen LogP contribution is 2.48. The molecular formula is C87H62B3N5O4S. The summed E-state index contributed by atoms with van der Waals surface area (Å²) >= 11 is 1.72. The van der Waals surface area contributed by atoms with E-state index in [0.717, 1.165) is 163 Å². The quantitative estimate of drug-likeness (QED) is 0.139. The Hall–Kier alpha value is -11.4. The van der Waals surface area contributed by atoms with Gasteiger partial charge in [0.25, 0.3) is 20.1 Å². The molecule has 0 radical (unpaired) electrons. The Balaban J connectivity index is 0.778. The van der Waals surface area contributed by atoms with Gasteiger partial charge < -0.3 is 38.0 Å². The SMILES string of the molecule is CSN1c2cc3c(cc2B2c4cc(C)ccc4Oc4cc(-n5c6ccc(C)cc6c6cc(C)ccc65)cc1c42)B1c2cc4c(cc2Oc2cc(-n5c6ccc(C)cc6c6cc(C)ccc65)cc(c21)O3)Nc1cc(-n2c3ccc(C)cc3c3cc(C)ccc32)cc2c1B4c1cc(C)ccc1O2. The fraction of sp³-hybridized carbons (Fsp3) is 0.103. The summed E-state index contributed by atoms with van der Waals surface area (Å²) in [7, 11) is 0. The highest BCUT2D eigenvalue weighted by molar-refractivity contribution is 8.00. The van der Waals surface area contributed by atoms with Crippen LogP contribution >= 0.6 is 11.9 Å². The number of fused-ring (bicyclic) bond motifs is 21. The Morgan fingerprint density at radius 1 is 0.270 bits per heavy atom.